The molecule has 0 radical (unpaired) electrons. The molecular formula is C21H26N2O5. The van der Waals surface area contributed by atoms with E-state index in [4.69, 9.17) is 9.47 Å². The lowest BCUT2D eigenvalue weighted by molar-refractivity contribution is -0.157. The minimum absolute atomic E-state index is 0.0268. The van der Waals surface area contributed by atoms with Crippen LogP contribution < -0.4 is 10.1 Å². The number of nitrogens with one attached hydrogen (secondary N) is 1. The van der Waals surface area contributed by atoms with Crippen LogP contribution >= 0.6 is 0 Å². The summed E-state index contributed by atoms with van der Waals surface area (Å²) in [6.07, 6.45) is 3.43. The molecule has 1 aliphatic carbocycles. The number of rotatable bonds is 8. The highest BCUT2D eigenvalue weighted by molar-refractivity contribution is 5.95. The summed E-state index contributed by atoms with van der Waals surface area (Å²) in [5, 5.41) is 12.2. The van der Waals surface area contributed by atoms with Crippen LogP contribution in [-0.2, 0) is 14.3 Å². The maximum absolute atomic E-state index is 12.3. The van der Waals surface area contributed by atoms with Gasteiger partial charge in [-0.2, -0.15) is 5.26 Å². The van der Waals surface area contributed by atoms with Crippen molar-refractivity contribution in [2.24, 2.45) is 0 Å². The fourth-order valence-corrected chi connectivity index (χ4v) is 3.13. The molecule has 1 fully saturated rings. The second-order valence-corrected chi connectivity index (χ2v) is 6.97. The lowest BCUT2D eigenvalue weighted by Crippen LogP contribution is -2.52. The van der Waals surface area contributed by atoms with Gasteiger partial charge in [-0.25, -0.2) is 4.79 Å². The van der Waals surface area contributed by atoms with E-state index in [1.807, 2.05) is 0 Å². The predicted octanol–water partition coefficient (Wildman–Crippen LogP) is 2.93. The highest BCUT2D eigenvalue weighted by Gasteiger charge is 2.35. The summed E-state index contributed by atoms with van der Waals surface area (Å²) >= 11 is 0. The van der Waals surface area contributed by atoms with Gasteiger partial charge in [-0.05, 0) is 44.0 Å². The molecule has 0 bridgehead atoms. The number of amides is 1. The number of benzene rings is 1. The van der Waals surface area contributed by atoms with Crippen LogP contribution in [0.2, 0.25) is 0 Å². The van der Waals surface area contributed by atoms with Crippen molar-refractivity contribution in [1.29, 1.82) is 5.26 Å². The van der Waals surface area contributed by atoms with Crippen molar-refractivity contribution in [3.05, 3.63) is 29.8 Å². The molecule has 7 heteroatoms. The molecule has 2 rings (SSSR count). The normalized spacial score (nSPS) is 16.3. The van der Waals surface area contributed by atoms with Gasteiger partial charge in [-0.15, -0.1) is 0 Å². The van der Waals surface area contributed by atoms with Crippen molar-refractivity contribution in [3.8, 4) is 11.8 Å². The Hall–Kier alpha value is -2.88. The molecular weight excluding hydrogens is 360 g/mol. The topological polar surface area (TPSA) is 105 Å². The molecule has 1 saturated carbocycles. The van der Waals surface area contributed by atoms with E-state index in [0.29, 0.717) is 30.6 Å². The van der Waals surface area contributed by atoms with E-state index >= 15 is 0 Å². The van der Waals surface area contributed by atoms with Gasteiger partial charge in [0.15, 0.2) is 18.5 Å². The van der Waals surface area contributed by atoms with Crippen molar-refractivity contribution in [1.82, 2.24) is 5.32 Å². The summed E-state index contributed by atoms with van der Waals surface area (Å²) in [6, 6.07) is 8.67. The number of ketones is 1. The first-order valence-corrected chi connectivity index (χ1v) is 9.58. The lowest BCUT2D eigenvalue weighted by Gasteiger charge is -2.32. The van der Waals surface area contributed by atoms with Crippen molar-refractivity contribution in [2.45, 2.75) is 64.0 Å². The Bertz CT molecular complexity index is 745. The van der Waals surface area contributed by atoms with Crippen molar-refractivity contribution in [2.75, 3.05) is 6.61 Å². The van der Waals surface area contributed by atoms with Gasteiger partial charge in [0, 0.05) is 12.0 Å². The van der Waals surface area contributed by atoms with E-state index < -0.39 is 23.5 Å². The van der Waals surface area contributed by atoms with E-state index in [9.17, 15) is 19.6 Å². The van der Waals surface area contributed by atoms with Crippen molar-refractivity contribution in [3.63, 3.8) is 0 Å². The maximum atomic E-state index is 12.3. The summed E-state index contributed by atoms with van der Waals surface area (Å²) in [6.45, 7) is 2.89. The second-order valence-electron chi connectivity index (χ2n) is 6.97. The molecule has 1 aromatic carbocycles. The Morgan fingerprint density at radius 2 is 1.82 bits per heavy atom. The molecule has 1 atom stereocenters. The summed E-state index contributed by atoms with van der Waals surface area (Å²) < 4.78 is 10.4. The van der Waals surface area contributed by atoms with Gasteiger partial charge < -0.3 is 14.8 Å². The van der Waals surface area contributed by atoms with Gasteiger partial charge in [0.2, 0.25) is 0 Å². The Morgan fingerprint density at radius 3 is 2.39 bits per heavy atom. The molecule has 0 unspecified atom stereocenters. The Morgan fingerprint density at radius 1 is 1.18 bits per heavy atom. The highest BCUT2D eigenvalue weighted by atomic mass is 16.6. The molecule has 1 N–H and O–H groups in total. The first kappa shape index (κ1) is 21.4. The number of nitrogens with zero attached hydrogens (tertiary/aromatic N) is 1. The fraction of sp³-hybridized carbons (Fsp3) is 0.524. The third-order valence-electron chi connectivity index (χ3n) is 4.82. The van der Waals surface area contributed by atoms with Gasteiger partial charge in [-0.1, -0.05) is 26.2 Å². The van der Waals surface area contributed by atoms with E-state index in [-0.39, 0.29) is 12.4 Å². The maximum Gasteiger partial charge on any atom is 0.344 e. The van der Waals surface area contributed by atoms with Crippen LogP contribution in [-0.4, -0.2) is 35.9 Å². The molecule has 7 nitrogen and oxygen atoms in total. The molecule has 150 valence electrons. The molecule has 0 aliphatic heterocycles. The number of nitriles is 1. The molecule has 1 aliphatic rings. The summed E-state index contributed by atoms with van der Waals surface area (Å²) in [5.41, 5.74) is -0.290. The highest BCUT2D eigenvalue weighted by Crippen LogP contribution is 2.27. The van der Waals surface area contributed by atoms with Crippen LogP contribution in [0.25, 0.3) is 0 Å². The Labute approximate surface area is 165 Å². The lowest BCUT2D eigenvalue weighted by atomic mass is 9.83. The molecule has 1 amide bonds. The van der Waals surface area contributed by atoms with Crippen LogP contribution in [0.4, 0.5) is 0 Å². The average Bonchev–Trinajstić information content (AvgIpc) is 2.72. The number of hydrogen-bond acceptors (Lipinski definition) is 6. The minimum atomic E-state index is -1.02. The first-order valence-electron chi connectivity index (χ1n) is 9.58. The van der Waals surface area contributed by atoms with Gasteiger partial charge in [-0.3, -0.25) is 9.59 Å². The monoisotopic (exact) mass is 386 g/mol. The molecule has 1 aromatic rings. The van der Waals surface area contributed by atoms with E-state index in [0.717, 1.165) is 19.3 Å². The second kappa shape index (κ2) is 9.88. The summed E-state index contributed by atoms with van der Waals surface area (Å²) in [7, 11) is 0. The number of Topliss-reactive ketones (excluding diaryl/α,β-unsaturated/α-hetero) is 1. The number of esters is 1. The first-order chi connectivity index (χ1) is 13.4. The van der Waals surface area contributed by atoms with Crippen LogP contribution in [0.15, 0.2) is 24.3 Å². The number of ether oxygens (including phenoxy) is 2. The zero-order chi connectivity index (χ0) is 20.6. The zero-order valence-corrected chi connectivity index (χ0v) is 16.3. The largest absolute Gasteiger partial charge is 0.482 e. The third kappa shape index (κ3) is 5.81. The molecule has 0 saturated heterocycles. The summed E-state index contributed by atoms with van der Waals surface area (Å²) in [5.74, 6) is -0.725. The standard InChI is InChI=1S/C21H26N2O5/c1-3-18(24)16-7-9-17(10-8-16)27-13-19(25)28-15(2)20(26)23-21(14-22)11-5-4-6-12-21/h7-10,15H,3-6,11-13H2,1-2H3,(H,23,26)/t15-/m0/s1. The van der Waals surface area contributed by atoms with Crippen LogP contribution in [0.1, 0.15) is 62.7 Å². The average molecular weight is 386 g/mol. The van der Waals surface area contributed by atoms with Crippen LogP contribution in [0.3, 0.4) is 0 Å². The van der Waals surface area contributed by atoms with Crippen molar-refractivity contribution >= 4 is 17.7 Å². The fourth-order valence-electron chi connectivity index (χ4n) is 3.13. The van der Waals surface area contributed by atoms with Gasteiger partial charge in [0.25, 0.3) is 5.91 Å². The Balaban J connectivity index is 1.81. The molecule has 0 spiro atoms. The van der Waals surface area contributed by atoms with E-state index in [1.54, 1.807) is 31.2 Å². The quantitative estimate of drug-likeness (QED) is 0.544. The zero-order valence-electron chi connectivity index (χ0n) is 16.3. The smallest absolute Gasteiger partial charge is 0.344 e. The number of hydrogen-bond donors (Lipinski definition) is 1. The Kier molecular flexibility index (Phi) is 7.56. The SMILES string of the molecule is CCC(=O)c1ccc(OCC(=O)O[C@@H](C)C(=O)NC2(C#N)CCCCC2)cc1. The molecule has 28 heavy (non-hydrogen) atoms. The predicted molar refractivity (Wildman–Crippen MR) is 102 cm³/mol. The molecule has 0 aromatic heterocycles. The van der Waals surface area contributed by atoms with Crippen LogP contribution in [0, 0.1) is 11.3 Å². The minimum Gasteiger partial charge on any atom is -0.482 e. The van der Waals surface area contributed by atoms with E-state index in [1.165, 1.54) is 6.92 Å². The third-order valence-corrected chi connectivity index (χ3v) is 4.82. The van der Waals surface area contributed by atoms with Crippen molar-refractivity contribution < 1.29 is 23.9 Å². The van der Waals surface area contributed by atoms with Gasteiger partial charge in [0.1, 0.15) is 11.3 Å². The molecule has 0 heterocycles. The van der Waals surface area contributed by atoms with Gasteiger partial charge in [0.05, 0.1) is 6.07 Å². The number of carbonyl (C=O) groups is 3. The van der Waals surface area contributed by atoms with Gasteiger partial charge >= 0.3 is 5.97 Å². The van der Waals surface area contributed by atoms with Crippen LogP contribution in [0.5, 0.6) is 5.75 Å². The van der Waals surface area contributed by atoms with E-state index in [2.05, 4.69) is 11.4 Å². The summed E-state index contributed by atoms with van der Waals surface area (Å²) in [4.78, 5) is 35.8. The number of carbonyl (C=O) groups excluding carboxylic acids is 3.